The molecule has 7 nitrogen and oxygen atoms in total. The summed E-state index contributed by atoms with van der Waals surface area (Å²) in [6.45, 7) is 6.74. The molecule has 2 aromatic rings. The Morgan fingerprint density at radius 1 is 1.11 bits per heavy atom. The molecule has 0 spiro atoms. The molecule has 1 aliphatic heterocycles. The Bertz CT molecular complexity index is 1090. The molecule has 2 fully saturated rings. The largest absolute Gasteiger partial charge is 0.496 e. The Labute approximate surface area is 205 Å². The van der Waals surface area contributed by atoms with Gasteiger partial charge in [-0.15, -0.1) is 0 Å². The first-order valence-corrected chi connectivity index (χ1v) is 12.1. The highest BCUT2D eigenvalue weighted by Gasteiger charge is 2.33. The highest BCUT2D eigenvalue weighted by atomic mass is 19.1. The van der Waals surface area contributed by atoms with Gasteiger partial charge in [-0.2, -0.15) is 0 Å². The number of rotatable bonds is 7. The van der Waals surface area contributed by atoms with Gasteiger partial charge in [-0.3, -0.25) is 4.79 Å². The standard InChI is InChI=1S/C27H33FN2O5/c1-27(2,3)35-26(32)30-12-10-17(11-13-30)22-6-5-7-24(29-22)34-16-19-14-23(33-4)20(15-21(19)28)25(31)18-8-9-18/h5-7,14-15,17-18H,8-13,16H2,1-4H3. The van der Waals surface area contributed by atoms with Crippen molar-refractivity contribution in [3.8, 4) is 11.6 Å². The predicted molar refractivity (Wildman–Crippen MR) is 128 cm³/mol. The second kappa shape index (κ2) is 10.2. The zero-order valence-corrected chi connectivity index (χ0v) is 20.8. The number of methoxy groups -OCH3 is 1. The minimum Gasteiger partial charge on any atom is -0.496 e. The van der Waals surface area contributed by atoms with Crippen molar-refractivity contribution in [2.45, 2.75) is 64.6 Å². The highest BCUT2D eigenvalue weighted by Crippen LogP contribution is 2.36. The zero-order valence-electron chi connectivity index (χ0n) is 20.8. The van der Waals surface area contributed by atoms with Crippen molar-refractivity contribution in [3.05, 3.63) is 53.0 Å². The summed E-state index contributed by atoms with van der Waals surface area (Å²) in [6, 6.07) is 8.33. The van der Waals surface area contributed by atoms with E-state index in [9.17, 15) is 14.0 Å². The Morgan fingerprint density at radius 2 is 1.83 bits per heavy atom. The smallest absolute Gasteiger partial charge is 0.410 e. The van der Waals surface area contributed by atoms with Gasteiger partial charge < -0.3 is 19.1 Å². The van der Waals surface area contributed by atoms with Crippen LogP contribution in [0.3, 0.4) is 0 Å². The van der Waals surface area contributed by atoms with E-state index in [-0.39, 0.29) is 35.9 Å². The minimum absolute atomic E-state index is 0.0201. The van der Waals surface area contributed by atoms with Gasteiger partial charge in [0, 0.05) is 42.2 Å². The Balaban J connectivity index is 1.37. The molecule has 35 heavy (non-hydrogen) atoms. The quantitative estimate of drug-likeness (QED) is 0.482. The van der Waals surface area contributed by atoms with E-state index in [1.165, 1.54) is 19.2 Å². The third-order valence-corrected chi connectivity index (χ3v) is 6.27. The van der Waals surface area contributed by atoms with Gasteiger partial charge in [0.1, 0.15) is 23.8 Å². The zero-order chi connectivity index (χ0) is 25.2. The van der Waals surface area contributed by atoms with E-state index < -0.39 is 11.4 Å². The molecule has 0 bridgehead atoms. The first-order chi connectivity index (χ1) is 16.6. The second-order valence-electron chi connectivity index (χ2n) is 10.2. The van der Waals surface area contributed by atoms with Crippen LogP contribution in [0, 0.1) is 11.7 Å². The van der Waals surface area contributed by atoms with E-state index in [1.807, 2.05) is 32.9 Å². The lowest BCUT2D eigenvalue weighted by atomic mass is 9.93. The fraction of sp³-hybridized carbons (Fsp3) is 0.519. The number of piperidine rings is 1. The van der Waals surface area contributed by atoms with Gasteiger partial charge in [-0.1, -0.05) is 6.07 Å². The maximum atomic E-state index is 14.7. The van der Waals surface area contributed by atoms with Gasteiger partial charge in [0.05, 0.1) is 12.7 Å². The number of carbonyl (C=O) groups is 2. The molecule has 0 unspecified atom stereocenters. The van der Waals surface area contributed by atoms with Crippen LogP contribution in [-0.2, 0) is 11.3 Å². The van der Waals surface area contributed by atoms with Gasteiger partial charge in [-0.25, -0.2) is 14.2 Å². The van der Waals surface area contributed by atoms with Crippen LogP contribution in [0.5, 0.6) is 11.6 Å². The molecule has 0 radical (unpaired) electrons. The van der Waals surface area contributed by atoms with Crippen molar-refractivity contribution in [1.29, 1.82) is 0 Å². The molecular formula is C27H33FN2O5. The van der Waals surface area contributed by atoms with Gasteiger partial charge >= 0.3 is 6.09 Å². The lowest BCUT2D eigenvalue weighted by molar-refractivity contribution is 0.0203. The molecular weight excluding hydrogens is 451 g/mol. The fourth-order valence-electron chi connectivity index (χ4n) is 4.21. The molecule has 1 aromatic carbocycles. The van der Waals surface area contributed by atoms with Crippen LogP contribution in [0.15, 0.2) is 30.3 Å². The Kier molecular flexibility index (Phi) is 7.28. The normalized spacial score (nSPS) is 16.7. The summed E-state index contributed by atoms with van der Waals surface area (Å²) in [6.07, 6.45) is 2.95. The highest BCUT2D eigenvalue weighted by molar-refractivity contribution is 6.01. The molecule has 4 rings (SSSR count). The van der Waals surface area contributed by atoms with E-state index in [0.29, 0.717) is 30.3 Å². The monoisotopic (exact) mass is 484 g/mol. The maximum absolute atomic E-state index is 14.7. The van der Waals surface area contributed by atoms with E-state index in [2.05, 4.69) is 4.98 Å². The molecule has 1 saturated heterocycles. The Hall–Kier alpha value is -3.16. The summed E-state index contributed by atoms with van der Waals surface area (Å²) in [7, 11) is 1.47. The van der Waals surface area contributed by atoms with Crippen LogP contribution in [0.2, 0.25) is 0 Å². The average Bonchev–Trinajstić information content (AvgIpc) is 3.67. The number of nitrogens with zero attached hydrogens (tertiary/aromatic N) is 2. The number of likely N-dealkylation sites (tertiary alicyclic amines) is 1. The van der Waals surface area contributed by atoms with Crippen molar-refractivity contribution in [3.63, 3.8) is 0 Å². The van der Waals surface area contributed by atoms with E-state index in [0.717, 1.165) is 31.4 Å². The number of ether oxygens (including phenoxy) is 3. The first-order valence-electron chi connectivity index (χ1n) is 12.1. The SMILES string of the molecule is COc1cc(COc2cccc(C3CCN(C(=O)OC(C)(C)C)CC3)n2)c(F)cc1C(=O)C1CC1. The number of benzene rings is 1. The summed E-state index contributed by atoms with van der Waals surface area (Å²) in [5.74, 6) is 0.366. The van der Waals surface area contributed by atoms with Crippen molar-refractivity contribution >= 4 is 11.9 Å². The van der Waals surface area contributed by atoms with Crippen LogP contribution in [0.25, 0.3) is 0 Å². The number of hydrogen-bond acceptors (Lipinski definition) is 6. The number of Topliss-reactive ketones (excluding diaryl/α,β-unsaturated/α-hetero) is 1. The van der Waals surface area contributed by atoms with E-state index in [1.54, 1.807) is 11.0 Å². The van der Waals surface area contributed by atoms with Crippen molar-refractivity contribution in [2.24, 2.45) is 5.92 Å². The molecule has 2 heterocycles. The number of pyridine rings is 1. The fourth-order valence-corrected chi connectivity index (χ4v) is 4.21. The summed E-state index contributed by atoms with van der Waals surface area (Å²) in [4.78, 5) is 31.1. The van der Waals surface area contributed by atoms with E-state index in [4.69, 9.17) is 14.2 Å². The summed E-state index contributed by atoms with van der Waals surface area (Å²) in [5, 5.41) is 0. The number of halogens is 1. The van der Waals surface area contributed by atoms with Gasteiger partial charge in [0.15, 0.2) is 5.78 Å². The predicted octanol–water partition coefficient (Wildman–Crippen LogP) is 5.52. The lowest BCUT2D eigenvalue weighted by Crippen LogP contribution is -2.41. The van der Waals surface area contributed by atoms with Crippen LogP contribution in [0.4, 0.5) is 9.18 Å². The van der Waals surface area contributed by atoms with Gasteiger partial charge in [0.25, 0.3) is 0 Å². The van der Waals surface area contributed by atoms with Crippen molar-refractivity contribution in [2.75, 3.05) is 20.2 Å². The molecule has 8 heteroatoms. The molecule has 1 aromatic heterocycles. The number of ketones is 1. The molecule has 1 aliphatic carbocycles. The van der Waals surface area contributed by atoms with Crippen LogP contribution < -0.4 is 9.47 Å². The maximum Gasteiger partial charge on any atom is 0.410 e. The summed E-state index contributed by atoms with van der Waals surface area (Å²) in [5.41, 5.74) is 0.952. The lowest BCUT2D eigenvalue weighted by Gasteiger charge is -2.33. The molecule has 2 aliphatic rings. The van der Waals surface area contributed by atoms with Gasteiger partial charge in [-0.05, 0) is 64.7 Å². The number of carbonyl (C=O) groups excluding carboxylic acids is 2. The van der Waals surface area contributed by atoms with Crippen molar-refractivity contribution < 1.29 is 28.2 Å². The third kappa shape index (κ3) is 6.29. The van der Waals surface area contributed by atoms with Crippen molar-refractivity contribution in [1.82, 2.24) is 9.88 Å². The van der Waals surface area contributed by atoms with Crippen LogP contribution >= 0.6 is 0 Å². The Morgan fingerprint density at radius 3 is 2.46 bits per heavy atom. The van der Waals surface area contributed by atoms with Crippen LogP contribution in [0.1, 0.15) is 74.0 Å². The molecule has 1 saturated carbocycles. The minimum atomic E-state index is -0.516. The van der Waals surface area contributed by atoms with Crippen LogP contribution in [-0.4, -0.2) is 47.6 Å². The first kappa shape index (κ1) is 24.9. The van der Waals surface area contributed by atoms with E-state index >= 15 is 0 Å². The molecule has 188 valence electrons. The molecule has 0 atom stereocenters. The number of hydrogen-bond donors (Lipinski definition) is 0. The summed E-state index contributed by atoms with van der Waals surface area (Å²) >= 11 is 0. The topological polar surface area (TPSA) is 78.0 Å². The number of aromatic nitrogens is 1. The average molecular weight is 485 g/mol. The summed E-state index contributed by atoms with van der Waals surface area (Å²) < 4.78 is 31.4. The molecule has 0 N–H and O–H groups in total. The number of amides is 1. The third-order valence-electron chi connectivity index (χ3n) is 6.27. The van der Waals surface area contributed by atoms with Gasteiger partial charge in [0.2, 0.25) is 5.88 Å². The second-order valence-corrected chi connectivity index (χ2v) is 10.2. The molecule has 1 amide bonds.